The Morgan fingerprint density at radius 3 is 2.21 bits per heavy atom. The van der Waals surface area contributed by atoms with Crippen LogP contribution in [0.3, 0.4) is 0 Å². The normalized spacial score (nSPS) is 14.4. The zero-order chi connectivity index (χ0) is 14.7. The highest BCUT2D eigenvalue weighted by molar-refractivity contribution is 7.89. The Labute approximate surface area is 109 Å². The summed E-state index contributed by atoms with van der Waals surface area (Å²) in [6, 6.07) is 5.46. The lowest BCUT2D eigenvalue weighted by Crippen LogP contribution is -2.47. The fourth-order valence-electron chi connectivity index (χ4n) is 1.29. The zero-order valence-electron chi connectivity index (χ0n) is 10.4. The molecule has 0 bridgehead atoms. The lowest BCUT2D eigenvalue weighted by Gasteiger charge is -2.21. The van der Waals surface area contributed by atoms with Gasteiger partial charge in [0.05, 0.1) is 4.90 Å². The molecule has 0 fully saturated rings. The summed E-state index contributed by atoms with van der Waals surface area (Å²) in [6.07, 6.45) is -7.36. The van der Waals surface area contributed by atoms with Crippen LogP contribution in [0.5, 0.6) is 0 Å². The van der Waals surface area contributed by atoms with E-state index in [0.717, 1.165) is 5.56 Å². The predicted molar refractivity (Wildman–Crippen MR) is 63.0 cm³/mol. The van der Waals surface area contributed by atoms with Gasteiger partial charge in [-0.2, -0.15) is 17.9 Å². The number of halogens is 3. The number of hydrogen-bond donors (Lipinski definition) is 1. The summed E-state index contributed by atoms with van der Waals surface area (Å²) in [7, 11) is -4.28. The number of aryl methyl sites for hydroxylation is 1. The van der Waals surface area contributed by atoms with Crippen molar-refractivity contribution in [2.75, 3.05) is 6.61 Å². The molecule has 0 spiro atoms. The van der Waals surface area contributed by atoms with Crippen molar-refractivity contribution in [3.63, 3.8) is 0 Å². The fourth-order valence-corrected chi connectivity index (χ4v) is 2.40. The van der Waals surface area contributed by atoms with Crippen LogP contribution < -0.4 is 4.72 Å². The molecule has 19 heavy (non-hydrogen) atoms. The summed E-state index contributed by atoms with van der Waals surface area (Å²) < 4.78 is 67.1. The van der Waals surface area contributed by atoms with Crippen LogP contribution in [0.2, 0.25) is 0 Å². The Morgan fingerprint density at radius 1 is 1.26 bits per heavy atom. The molecule has 0 amide bonds. The van der Waals surface area contributed by atoms with Gasteiger partial charge in [-0.05, 0) is 26.0 Å². The zero-order valence-corrected chi connectivity index (χ0v) is 11.2. The third-order valence-electron chi connectivity index (χ3n) is 2.22. The van der Waals surface area contributed by atoms with Gasteiger partial charge < -0.3 is 4.74 Å². The molecule has 1 atom stereocenters. The van der Waals surface area contributed by atoms with Gasteiger partial charge in [0, 0.05) is 6.61 Å². The minimum atomic E-state index is -4.81. The van der Waals surface area contributed by atoms with E-state index >= 15 is 0 Å². The van der Waals surface area contributed by atoms with E-state index in [0.29, 0.717) is 0 Å². The molecule has 0 aliphatic heterocycles. The molecular formula is C11H14F3NO3S. The standard InChI is InChI=1S/C11H14F3NO3S/c1-3-18-10(11(12,13)14)15-19(16,17)9-6-4-8(2)5-7-9/h4-7,10,15H,3H2,1-2H3. The van der Waals surface area contributed by atoms with E-state index in [1.54, 1.807) is 6.92 Å². The van der Waals surface area contributed by atoms with Crippen LogP contribution in [0.1, 0.15) is 12.5 Å². The molecule has 0 aliphatic rings. The summed E-state index contributed by atoms with van der Waals surface area (Å²) >= 11 is 0. The van der Waals surface area contributed by atoms with Crippen LogP contribution in [-0.4, -0.2) is 27.4 Å². The minimum Gasteiger partial charge on any atom is -0.354 e. The van der Waals surface area contributed by atoms with Gasteiger partial charge in [0.2, 0.25) is 16.3 Å². The van der Waals surface area contributed by atoms with Gasteiger partial charge >= 0.3 is 6.18 Å². The first-order valence-corrected chi connectivity index (χ1v) is 6.92. The minimum absolute atomic E-state index is 0.243. The maximum Gasteiger partial charge on any atom is 0.429 e. The van der Waals surface area contributed by atoms with Crippen LogP contribution in [0.25, 0.3) is 0 Å². The summed E-state index contributed by atoms with van der Waals surface area (Å²) in [5, 5.41) is 0. The second-order valence-corrected chi connectivity index (χ2v) is 5.53. The third-order valence-corrected chi connectivity index (χ3v) is 3.64. The highest BCUT2D eigenvalue weighted by atomic mass is 32.2. The van der Waals surface area contributed by atoms with Gasteiger partial charge in [0.25, 0.3) is 0 Å². The first kappa shape index (κ1) is 15.9. The van der Waals surface area contributed by atoms with Crippen LogP contribution >= 0.6 is 0 Å². The molecule has 0 saturated carbocycles. The number of nitrogens with one attached hydrogen (secondary N) is 1. The fraction of sp³-hybridized carbons (Fsp3) is 0.455. The smallest absolute Gasteiger partial charge is 0.354 e. The lowest BCUT2D eigenvalue weighted by atomic mass is 10.2. The number of benzene rings is 1. The molecule has 4 nitrogen and oxygen atoms in total. The number of alkyl halides is 3. The Bertz CT molecular complexity index is 511. The van der Waals surface area contributed by atoms with Crippen LogP contribution in [-0.2, 0) is 14.8 Å². The largest absolute Gasteiger partial charge is 0.429 e. The topological polar surface area (TPSA) is 55.4 Å². The van der Waals surface area contributed by atoms with Gasteiger partial charge in [-0.3, -0.25) is 0 Å². The summed E-state index contributed by atoms with van der Waals surface area (Å²) in [4.78, 5) is -0.243. The van der Waals surface area contributed by atoms with Crippen molar-refractivity contribution < 1.29 is 26.3 Å². The van der Waals surface area contributed by atoms with E-state index in [1.165, 1.54) is 35.9 Å². The van der Waals surface area contributed by atoms with Gasteiger partial charge in [0.15, 0.2) is 0 Å². The second kappa shape index (κ2) is 5.89. The van der Waals surface area contributed by atoms with E-state index in [2.05, 4.69) is 4.74 Å². The summed E-state index contributed by atoms with van der Waals surface area (Å²) in [5.41, 5.74) is 0.802. The quantitative estimate of drug-likeness (QED) is 0.848. The average molecular weight is 297 g/mol. The third kappa shape index (κ3) is 4.48. The Hall–Kier alpha value is -1.12. The van der Waals surface area contributed by atoms with Crippen LogP contribution in [0.4, 0.5) is 13.2 Å². The number of hydrogen-bond acceptors (Lipinski definition) is 3. The second-order valence-electron chi connectivity index (χ2n) is 3.81. The monoisotopic (exact) mass is 297 g/mol. The average Bonchev–Trinajstić information content (AvgIpc) is 2.27. The summed E-state index contributed by atoms with van der Waals surface area (Å²) in [5.74, 6) is 0. The molecule has 1 rings (SSSR count). The molecule has 1 aromatic rings. The van der Waals surface area contributed by atoms with E-state index in [9.17, 15) is 21.6 Å². The van der Waals surface area contributed by atoms with Gasteiger partial charge in [0.1, 0.15) is 0 Å². The van der Waals surface area contributed by atoms with E-state index in [1.807, 2.05) is 0 Å². The molecule has 108 valence electrons. The molecule has 0 aromatic heterocycles. The predicted octanol–water partition coefficient (Wildman–Crippen LogP) is 2.20. The Balaban J connectivity index is 2.97. The van der Waals surface area contributed by atoms with Gasteiger partial charge in [-0.25, -0.2) is 8.42 Å². The molecular weight excluding hydrogens is 283 g/mol. The van der Waals surface area contributed by atoms with Crippen molar-refractivity contribution >= 4 is 10.0 Å². The maximum absolute atomic E-state index is 12.6. The van der Waals surface area contributed by atoms with Crippen LogP contribution in [0, 0.1) is 6.92 Å². The molecule has 0 saturated heterocycles. The van der Waals surface area contributed by atoms with E-state index in [-0.39, 0.29) is 11.5 Å². The van der Waals surface area contributed by atoms with Crippen molar-refractivity contribution in [2.45, 2.75) is 31.1 Å². The molecule has 0 radical (unpaired) electrons. The van der Waals surface area contributed by atoms with Crippen molar-refractivity contribution in [2.24, 2.45) is 0 Å². The number of ether oxygens (including phenoxy) is 1. The van der Waals surface area contributed by atoms with Crippen molar-refractivity contribution in [3.8, 4) is 0 Å². The summed E-state index contributed by atoms with van der Waals surface area (Å²) in [6.45, 7) is 2.82. The first-order chi connectivity index (χ1) is 8.66. The SMILES string of the molecule is CCOC(NS(=O)(=O)c1ccc(C)cc1)C(F)(F)F. The molecule has 0 aliphatic carbocycles. The van der Waals surface area contributed by atoms with Gasteiger partial charge in [-0.15, -0.1) is 0 Å². The number of rotatable bonds is 5. The van der Waals surface area contributed by atoms with E-state index in [4.69, 9.17) is 0 Å². The van der Waals surface area contributed by atoms with E-state index < -0.39 is 22.4 Å². The Morgan fingerprint density at radius 2 is 1.79 bits per heavy atom. The van der Waals surface area contributed by atoms with Crippen molar-refractivity contribution in [3.05, 3.63) is 29.8 Å². The molecule has 1 N–H and O–H groups in total. The van der Waals surface area contributed by atoms with Gasteiger partial charge in [-0.1, -0.05) is 17.7 Å². The molecule has 0 heterocycles. The maximum atomic E-state index is 12.6. The first-order valence-electron chi connectivity index (χ1n) is 5.44. The molecule has 8 heteroatoms. The molecule has 1 aromatic carbocycles. The number of sulfonamides is 1. The highest BCUT2D eigenvalue weighted by Crippen LogP contribution is 2.23. The highest BCUT2D eigenvalue weighted by Gasteiger charge is 2.43. The van der Waals surface area contributed by atoms with Crippen molar-refractivity contribution in [1.29, 1.82) is 0 Å². The van der Waals surface area contributed by atoms with Crippen molar-refractivity contribution in [1.82, 2.24) is 4.72 Å². The Kier molecular flexibility index (Phi) is 4.94. The lowest BCUT2D eigenvalue weighted by molar-refractivity contribution is -0.222. The van der Waals surface area contributed by atoms with Crippen LogP contribution in [0.15, 0.2) is 29.2 Å². The molecule has 1 unspecified atom stereocenters.